The largest absolute Gasteiger partial charge is 1.00 e. The quantitative estimate of drug-likeness (QED) is 0.185. The van der Waals surface area contributed by atoms with E-state index in [0.29, 0.717) is 0 Å². The van der Waals surface area contributed by atoms with Crippen molar-refractivity contribution >= 4 is 39.4 Å². The Bertz CT molecular complexity index is 570. The number of unbranched alkanes of at least 4 members (excludes halogenated alkanes) is 2. The summed E-state index contributed by atoms with van der Waals surface area (Å²) in [7, 11) is -4.76. The van der Waals surface area contributed by atoms with E-state index in [0.717, 1.165) is 51.4 Å². The van der Waals surface area contributed by atoms with Gasteiger partial charge < -0.3 is 10.9 Å². The zero-order chi connectivity index (χ0) is 21.6. The molecule has 1 N–H and O–H groups in total. The molecular weight excluding hydrogens is 453 g/mol. The van der Waals surface area contributed by atoms with E-state index in [4.69, 9.17) is 9.47 Å². The first-order valence-corrected chi connectivity index (χ1v) is 12.0. The molecule has 0 aliphatic heterocycles. The standard InChI is InChI=1S/C20H38O7S.Al.FH.Na.4H/c1-5-9-11-16(7-3)14-26-19(21)13-18(28(23,24)25)20(22)27-15-17(8-4)12-10-6-2;;;;;;;/h16-18H,5-15H2,1-4H3,(H,23,24,25);;1H;;;;;/q;;;+1;;;;-1. The first-order chi connectivity index (χ1) is 13.2. The summed E-state index contributed by atoms with van der Waals surface area (Å²) in [5.74, 6) is -1.61. The summed E-state index contributed by atoms with van der Waals surface area (Å²) in [5, 5.41) is -1.95. The topological polar surface area (TPSA) is 107 Å². The molecule has 0 amide bonds. The SMILES string of the molecule is CCCCC(CC)COC(=O)CC(C(=O)OCC(CC)CCCC)S(=O)(=O)O.F.[AlH3].[H-].[Na+]. The molecule has 0 aliphatic carbocycles. The molecule has 7 nitrogen and oxygen atoms in total. The second-order valence-corrected chi connectivity index (χ2v) is 8.95. The maximum atomic E-state index is 12.2. The van der Waals surface area contributed by atoms with Crippen molar-refractivity contribution in [2.24, 2.45) is 11.8 Å². The fourth-order valence-corrected chi connectivity index (χ4v) is 3.48. The van der Waals surface area contributed by atoms with Crippen molar-refractivity contribution < 1.29 is 67.7 Å². The van der Waals surface area contributed by atoms with Crippen LogP contribution in [0.25, 0.3) is 0 Å². The van der Waals surface area contributed by atoms with E-state index in [-0.39, 0.29) is 78.1 Å². The molecule has 0 fully saturated rings. The molecule has 0 heterocycles. The first kappa shape index (κ1) is 38.6. The molecule has 3 unspecified atom stereocenters. The molecule has 0 rings (SSSR count). The van der Waals surface area contributed by atoms with E-state index < -0.39 is 33.7 Å². The Hall–Kier alpha value is 0.312. The Morgan fingerprint density at radius 2 is 1.32 bits per heavy atom. The number of hydrogen-bond acceptors (Lipinski definition) is 6. The smallest absolute Gasteiger partial charge is 1.00 e. The number of rotatable bonds is 16. The maximum absolute atomic E-state index is 12.2. The van der Waals surface area contributed by atoms with E-state index in [1.807, 2.05) is 13.8 Å². The summed E-state index contributed by atoms with van der Waals surface area (Å²) in [5.41, 5.74) is 0. The van der Waals surface area contributed by atoms with Gasteiger partial charge in [-0.15, -0.1) is 0 Å². The zero-order valence-corrected chi connectivity index (χ0v) is 22.0. The number of carbonyl (C=O) groups excluding carboxylic acids is 2. The van der Waals surface area contributed by atoms with Gasteiger partial charge in [0, 0.05) is 0 Å². The van der Waals surface area contributed by atoms with Crippen LogP contribution in [-0.2, 0) is 29.2 Å². The molecular formula is C20H43AlFNaO7S. The molecule has 0 bridgehead atoms. The molecule has 0 spiro atoms. The summed E-state index contributed by atoms with van der Waals surface area (Å²) in [6.45, 7) is 8.35. The minimum Gasteiger partial charge on any atom is -1.00 e. The second-order valence-electron chi connectivity index (χ2n) is 7.35. The third-order valence-electron chi connectivity index (χ3n) is 5.00. The van der Waals surface area contributed by atoms with Gasteiger partial charge in [0.25, 0.3) is 10.1 Å². The van der Waals surface area contributed by atoms with Gasteiger partial charge in [0.15, 0.2) is 22.6 Å². The Labute approximate surface area is 221 Å². The summed E-state index contributed by atoms with van der Waals surface area (Å²) in [6.07, 6.45) is 6.74. The molecule has 11 heteroatoms. The number of hydrogen-bond donors (Lipinski definition) is 1. The average molecular weight is 497 g/mol. The predicted molar refractivity (Wildman–Crippen MR) is 122 cm³/mol. The average Bonchev–Trinajstić information content (AvgIpc) is 2.65. The second kappa shape index (κ2) is 22.1. The van der Waals surface area contributed by atoms with E-state index >= 15 is 0 Å². The van der Waals surface area contributed by atoms with Gasteiger partial charge >= 0.3 is 41.5 Å². The molecule has 3 atom stereocenters. The van der Waals surface area contributed by atoms with Crippen LogP contribution >= 0.6 is 0 Å². The van der Waals surface area contributed by atoms with Crippen LogP contribution in [0.15, 0.2) is 0 Å². The minimum atomic E-state index is -4.76. The summed E-state index contributed by atoms with van der Waals surface area (Å²) >= 11 is 0. The zero-order valence-electron chi connectivity index (χ0n) is 20.2. The van der Waals surface area contributed by atoms with Gasteiger partial charge in [-0.05, 0) is 24.7 Å². The molecule has 0 aliphatic rings. The van der Waals surface area contributed by atoms with Crippen molar-refractivity contribution in [2.45, 2.75) is 90.7 Å². The van der Waals surface area contributed by atoms with Crippen molar-refractivity contribution in [3.8, 4) is 0 Å². The van der Waals surface area contributed by atoms with E-state index in [1.54, 1.807) is 0 Å². The third kappa shape index (κ3) is 18.4. The molecule has 0 radical (unpaired) electrons. The Morgan fingerprint density at radius 1 is 0.903 bits per heavy atom. The minimum absolute atomic E-state index is 0. The number of esters is 2. The van der Waals surface area contributed by atoms with Gasteiger partial charge in [-0.3, -0.25) is 18.8 Å². The normalized spacial score (nSPS) is 13.5. The van der Waals surface area contributed by atoms with Gasteiger partial charge in [-0.25, -0.2) is 0 Å². The van der Waals surface area contributed by atoms with Gasteiger partial charge in [0.05, 0.1) is 19.6 Å². The monoisotopic (exact) mass is 496 g/mol. The third-order valence-corrected chi connectivity index (χ3v) is 6.08. The van der Waals surface area contributed by atoms with E-state index in [1.165, 1.54) is 0 Å². The summed E-state index contributed by atoms with van der Waals surface area (Å²) in [6, 6.07) is 0. The fraction of sp³-hybridized carbons (Fsp3) is 0.900. The molecule has 0 aromatic heterocycles. The first-order valence-electron chi connectivity index (χ1n) is 10.5. The van der Waals surface area contributed by atoms with Crippen LogP contribution in [0.2, 0.25) is 0 Å². The van der Waals surface area contributed by atoms with Crippen molar-refractivity contribution in [3.63, 3.8) is 0 Å². The van der Waals surface area contributed by atoms with Gasteiger partial charge in [0.2, 0.25) is 0 Å². The van der Waals surface area contributed by atoms with Crippen LogP contribution in [0.5, 0.6) is 0 Å². The van der Waals surface area contributed by atoms with Crippen molar-refractivity contribution in [1.82, 2.24) is 0 Å². The van der Waals surface area contributed by atoms with Gasteiger partial charge in [-0.1, -0.05) is 66.2 Å². The van der Waals surface area contributed by atoms with Gasteiger partial charge in [-0.2, -0.15) is 8.42 Å². The number of carbonyl (C=O) groups is 2. The molecule has 0 saturated carbocycles. The Morgan fingerprint density at radius 3 is 1.68 bits per heavy atom. The Balaban J connectivity index is -0.000000607. The van der Waals surface area contributed by atoms with Crippen LogP contribution in [0.1, 0.15) is 86.9 Å². The van der Waals surface area contributed by atoms with Crippen LogP contribution < -0.4 is 29.6 Å². The van der Waals surface area contributed by atoms with Crippen molar-refractivity contribution in [1.29, 1.82) is 0 Å². The fourth-order valence-electron chi connectivity index (χ4n) is 2.82. The molecule has 0 aromatic rings. The van der Waals surface area contributed by atoms with Crippen molar-refractivity contribution in [3.05, 3.63) is 0 Å². The summed E-state index contributed by atoms with van der Waals surface area (Å²) < 4.78 is 42.8. The summed E-state index contributed by atoms with van der Waals surface area (Å²) in [4.78, 5) is 24.2. The number of halogens is 1. The van der Waals surface area contributed by atoms with E-state index in [9.17, 15) is 22.6 Å². The van der Waals surface area contributed by atoms with Crippen molar-refractivity contribution in [2.75, 3.05) is 13.2 Å². The maximum Gasteiger partial charge on any atom is 1.00 e. The van der Waals surface area contributed by atoms with Crippen LogP contribution in [-0.4, -0.2) is 60.7 Å². The van der Waals surface area contributed by atoms with Crippen LogP contribution in [0.4, 0.5) is 4.70 Å². The van der Waals surface area contributed by atoms with E-state index in [2.05, 4.69) is 13.8 Å². The molecule has 0 aromatic carbocycles. The molecule has 182 valence electrons. The predicted octanol–water partition coefficient (Wildman–Crippen LogP) is 0.237. The number of ether oxygens (including phenoxy) is 2. The molecule has 0 saturated heterocycles. The van der Waals surface area contributed by atoms with Crippen LogP contribution in [0, 0.1) is 11.8 Å². The van der Waals surface area contributed by atoms with Gasteiger partial charge in [0.1, 0.15) is 0 Å². The molecule has 31 heavy (non-hydrogen) atoms. The Kier molecular flexibility index (Phi) is 27.5. The van der Waals surface area contributed by atoms with Crippen LogP contribution in [0.3, 0.4) is 0 Å².